The lowest BCUT2D eigenvalue weighted by atomic mass is 9.93. The molecule has 0 spiro atoms. The van der Waals surface area contributed by atoms with E-state index in [1.54, 1.807) is 6.20 Å². The smallest absolute Gasteiger partial charge is 0.252 e. The van der Waals surface area contributed by atoms with Gasteiger partial charge in [-0.15, -0.1) is 0 Å². The average Bonchev–Trinajstić information content (AvgIpc) is 2.40. The molecule has 1 amide bonds. The topological polar surface area (TPSA) is 71.5 Å². The number of hydrogen-bond acceptors (Lipinski definition) is 4. The highest BCUT2D eigenvalue weighted by Gasteiger charge is 2.38. The van der Waals surface area contributed by atoms with Crippen LogP contribution in [0.3, 0.4) is 0 Å². The largest absolute Gasteiger partial charge is 0.381 e. The van der Waals surface area contributed by atoms with Gasteiger partial charge in [0.05, 0.1) is 11.7 Å². The Morgan fingerprint density at radius 3 is 2.83 bits per heavy atom. The summed E-state index contributed by atoms with van der Waals surface area (Å²) in [5.41, 5.74) is -0.525. The fourth-order valence-electron chi connectivity index (χ4n) is 1.97. The van der Waals surface area contributed by atoms with Crippen molar-refractivity contribution in [3.05, 3.63) is 30.1 Å². The first-order valence-corrected chi connectivity index (χ1v) is 6.14. The monoisotopic (exact) mass is 250 g/mol. The molecule has 1 atom stereocenters. The van der Waals surface area contributed by atoms with Crippen molar-refractivity contribution >= 4 is 5.91 Å². The zero-order valence-corrected chi connectivity index (χ0v) is 10.4. The van der Waals surface area contributed by atoms with Crippen LogP contribution in [0, 0.1) is 0 Å². The third-order valence-corrected chi connectivity index (χ3v) is 3.22. The molecular weight excluding hydrogens is 232 g/mol. The number of aromatic nitrogens is 1. The lowest BCUT2D eigenvalue weighted by Gasteiger charge is -2.31. The SMILES string of the molecule is CC(NC(=O)C1(O)CCOCC1)c1ccccn1. The molecule has 0 aliphatic carbocycles. The van der Waals surface area contributed by atoms with Crippen molar-refractivity contribution in [2.45, 2.75) is 31.4 Å². The van der Waals surface area contributed by atoms with Gasteiger partial charge in [0.1, 0.15) is 5.60 Å². The van der Waals surface area contributed by atoms with Crippen molar-refractivity contribution in [3.8, 4) is 0 Å². The van der Waals surface area contributed by atoms with Crippen LogP contribution in [0.2, 0.25) is 0 Å². The first-order chi connectivity index (χ1) is 8.62. The van der Waals surface area contributed by atoms with Crippen molar-refractivity contribution in [1.29, 1.82) is 0 Å². The summed E-state index contributed by atoms with van der Waals surface area (Å²) >= 11 is 0. The summed E-state index contributed by atoms with van der Waals surface area (Å²) in [5, 5.41) is 13.0. The fraction of sp³-hybridized carbons (Fsp3) is 0.538. The van der Waals surface area contributed by atoms with Crippen LogP contribution in [0.15, 0.2) is 24.4 Å². The average molecular weight is 250 g/mol. The first kappa shape index (κ1) is 13.0. The van der Waals surface area contributed by atoms with Crippen LogP contribution in [-0.2, 0) is 9.53 Å². The minimum atomic E-state index is -1.30. The molecule has 2 N–H and O–H groups in total. The summed E-state index contributed by atoms with van der Waals surface area (Å²) in [7, 11) is 0. The standard InChI is InChI=1S/C13H18N2O3/c1-10(11-4-2-3-7-14-11)15-12(16)13(17)5-8-18-9-6-13/h2-4,7,10,17H,5-6,8-9H2,1H3,(H,15,16). The van der Waals surface area contributed by atoms with Gasteiger partial charge in [-0.3, -0.25) is 9.78 Å². The van der Waals surface area contributed by atoms with Crippen LogP contribution in [0.4, 0.5) is 0 Å². The van der Waals surface area contributed by atoms with E-state index in [1.807, 2.05) is 25.1 Å². The molecule has 1 unspecified atom stereocenters. The second-order valence-electron chi connectivity index (χ2n) is 4.59. The van der Waals surface area contributed by atoms with Gasteiger partial charge < -0.3 is 15.2 Å². The Hall–Kier alpha value is -1.46. The van der Waals surface area contributed by atoms with E-state index in [4.69, 9.17) is 4.74 Å². The highest BCUT2D eigenvalue weighted by atomic mass is 16.5. The Bertz CT molecular complexity index is 402. The molecule has 1 aliphatic heterocycles. The molecule has 2 rings (SSSR count). The molecule has 0 saturated carbocycles. The highest BCUT2D eigenvalue weighted by Crippen LogP contribution is 2.22. The molecule has 1 aromatic heterocycles. The lowest BCUT2D eigenvalue weighted by molar-refractivity contribution is -0.150. The first-order valence-electron chi connectivity index (χ1n) is 6.14. The van der Waals surface area contributed by atoms with Crippen molar-refractivity contribution in [2.24, 2.45) is 0 Å². The van der Waals surface area contributed by atoms with Gasteiger partial charge in [-0.2, -0.15) is 0 Å². The molecule has 1 fully saturated rings. The van der Waals surface area contributed by atoms with Gasteiger partial charge in [-0.25, -0.2) is 0 Å². The molecule has 18 heavy (non-hydrogen) atoms. The molecule has 0 radical (unpaired) electrons. The van der Waals surface area contributed by atoms with Crippen LogP contribution < -0.4 is 5.32 Å². The van der Waals surface area contributed by atoms with E-state index in [0.717, 1.165) is 5.69 Å². The summed E-state index contributed by atoms with van der Waals surface area (Å²) in [4.78, 5) is 16.2. The summed E-state index contributed by atoms with van der Waals surface area (Å²) in [6.45, 7) is 2.69. The second kappa shape index (κ2) is 5.46. The Balaban J connectivity index is 1.98. The minimum Gasteiger partial charge on any atom is -0.381 e. The number of carbonyl (C=O) groups is 1. The van der Waals surface area contributed by atoms with Gasteiger partial charge in [-0.1, -0.05) is 6.07 Å². The molecule has 2 heterocycles. The molecular formula is C13H18N2O3. The Morgan fingerprint density at radius 2 is 2.22 bits per heavy atom. The zero-order valence-electron chi connectivity index (χ0n) is 10.4. The van der Waals surface area contributed by atoms with Crippen molar-refractivity contribution in [3.63, 3.8) is 0 Å². The van der Waals surface area contributed by atoms with Crippen LogP contribution in [-0.4, -0.2) is 34.8 Å². The van der Waals surface area contributed by atoms with E-state index in [0.29, 0.717) is 26.1 Å². The predicted octanol–water partition coefficient (Wildman–Crippen LogP) is 0.800. The Kier molecular flexibility index (Phi) is 3.93. The molecule has 5 heteroatoms. The Labute approximate surface area is 106 Å². The molecule has 0 aromatic carbocycles. The van der Waals surface area contributed by atoms with E-state index < -0.39 is 5.60 Å². The minimum absolute atomic E-state index is 0.217. The van der Waals surface area contributed by atoms with Crippen LogP contribution in [0.25, 0.3) is 0 Å². The normalized spacial score (nSPS) is 20.1. The number of ether oxygens (including phenoxy) is 1. The van der Waals surface area contributed by atoms with Gasteiger partial charge >= 0.3 is 0 Å². The molecule has 98 valence electrons. The molecule has 1 aromatic rings. The van der Waals surface area contributed by atoms with Gasteiger partial charge in [0.2, 0.25) is 0 Å². The maximum absolute atomic E-state index is 12.1. The predicted molar refractivity (Wildman–Crippen MR) is 65.8 cm³/mol. The summed E-state index contributed by atoms with van der Waals surface area (Å²) in [6.07, 6.45) is 2.36. The maximum Gasteiger partial charge on any atom is 0.252 e. The molecule has 5 nitrogen and oxygen atoms in total. The summed E-state index contributed by atoms with van der Waals surface area (Å²) in [6, 6.07) is 5.32. The number of rotatable bonds is 3. The summed E-state index contributed by atoms with van der Waals surface area (Å²) < 4.78 is 5.15. The van der Waals surface area contributed by atoms with Crippen molar-refractivity contribution in [2.75, 3.05) is 13.2 Å². The van der Waals surface area contributed by atoms with E-state index in [1.165, 1.54) is 0 Å². The molecule has 1 saturated heterocycles. The van der Waals surface area contributed by atoms with Crippen LogP contribution in [0.1, 0.15) is 31.5 Å². The third-order valence-electron chi connectivity index (χ3n) is 3.22. The second-order valence-corrected chi connectivity index (χ2v) is 4.59. The van der Waals surface area contributed by atoms with Crippen molar-refractivity contribution < 1.29 is 14.6 Å². The van der Waals surface area contributed by atoms with Gasteiger partial charge in [0.25, 0.3) is 5.91 Å². The van der Waals surface area contributed by atoms with Crippen LogP contribution in [0.5, 0.6) is 0 Å². The zero-order chi connectivity index (χ0) is 13.0. The van der Waals surface area contributed by atoms with E-state index >= 15 is 0 Å². The van der Waals surface area contributed by atoms with Crippen molar-refractivity contribution in [1.82, 2.24) is 10.3 Å². The fourth-order valence-corrected chi connectivity index (χ4v) is 1.97. The summed E-state index contributed by atoms with van der Waals surface area (Å²) in [5.74, 6) is -0.344. The third kappa shape index (κ3) is 2.86. The Morgan fingerprint density at radius 1 is 1.50 bits per heavy atom. The number of carbonyl (C=O) groups excluding carboxylic acids is 1. The van der Waals surface area contributed by atoms with E-state index in [2.05, 4.69) is 10.3 Å². The van der Waals surface area contributed by atoms with Gasteiger partial charge in [-0.05, 0) is 19.1 Å². The van der Waals surface area contributed by atoms with E-state index in [9.17, 15) is 9.90 Å². The number of aliphatic hydroxyl groups is 1. The van der Waals surface area contributed by atoms with Crippen LogP contribution >= 0.6 is 0 Å². The van der Waals surface area contributed by atoms with Gasteiger partial charge in [0.15, 0.2) is 0 Å². The van der Waals surface area contributed by atoms with Gasteiger partial charge in [0, 0.05) is 32.3 Å². The number of amides is 1. The number of hydrogen-bond donors (Lipinski definition) is 2. The van der Waals surface area contributed by atoms with E-state index in [-0.39, 0.29) is 11.9 Å². The quantitative estimate of drug-likeness (QED) is 0.832. The number of nitrogens with one attached hydrogen (secondary N) is 1. The molecule has 0 bridgehead atoms. The number of pyridine rings is 1. The number of nitrogens with zero attached hydrogens (tertiary/aromatic N) is 1. The lowest BCUT2D eigenvalue weighted by Crippen LogP contribution is -2.50. The maximum atomic E-state index is 12.1. The molecule has 1 aliphatic rings. The highest BCUT2D eigenvalue weighted by molar-refractivity contribution is 5.85.